The van der Waals surface area contributed by atoms with Gasteiger partial charge in [-0.05, 0) is 52.9 Å². The second kappa shape index (κ2) is 4.81. The van der Waals surface area contributed by atoms with Crippen LogP contribution in [0, 0.1) is 42.4 Å². The highest BCUT2D eigenvalue weighted by atomic mass is 79.9. The molecule has 0 radical (unpaired) electrons. The molecular weight excluding hydrogens is 388 g/mol. The summed E-state index contributed by atoms with van der Waals surface area (Å²) in [5, 5.41) is 5.09. The number of carbonyl (C=O) groups excluding carboxylic acids is 3. The van der Waals surface area contributed by atoms with Crippen molar-refractivity contribution in [2.24, 2.45) is 42.6 Å². The van der Waals surface area contributed by atoms with E-state index in [0.29, 0.717) is 16.3 Å². The minimum Gasteiger partial charge on any atom is -0.272 e. The topological polar surface area (TPSA) is 84.3 Å². The number of halogens is 1. The molecule has 6 atom stereocenters. The number of hydrogen-bond acceptors (Lipinski definition) is 4. The average molecular weight is 405 g/mol. The number of rotatable bonds is 2. The van der Waals surface area contributed by atoms with Gasteiger partial charge in [-0.2, -0.15) is 10.1 Å². The summed E-state index contributed by atoms with van der Waals surface area (Å²) in [6.07, 6.45) is 5.33. The van der Waals surface area contributed by atoms with Gasteiger partial charge in [0.2, 0.25) is 0 Å². The number of aryl methyl sites for hydroxylation is 1. The van der Waals surface area contributed by atoms with Crippen molar-refractivity contribution in [2.45, 2.75) is 13.3 Å². The molecule has 2 saturated carbocycles. The molecule has 1 saturated heterocycles. The molecule has 5 aliphatic rings. The molecule has 4 aliphatic carbocycles. The van der Waals surface area contributed by atoms with E-state index in [2.05, 4.69) is 38.6 Å². The summed E-state index contributed by atoms with van der Waals surface area (Å²) in [7, 11) is 1.73. The Morgan fingerprint density at radius 2 is 1.76 bits per heavy atom. The van der Waals surface area contributed by atoms with Gasteiger partial charge in [0.1, 0.15) is 0 Å². The van der Waals surface area contributed by atoms with Crippen molar-refractivity contribution in [3.8, 4) is 0 Å². The SMILES string of the molecule is Cc1c(Br)c(C(=O)NN2C(=O)[C@H]3[C@@H]4C=C[C@H]([C@H]5C[C@H]45)[C@@H]3C2=O)nn1C. The van der Waals surface area contributed by atoms with Gasteiger partial charge >= 0.3 is 0 Å². The Hall–Kier alpha value is -1.96. The molecule has 6 rings (SSSR count). The molecule has 130 valence electrons. The highest BCUT2D eigenvalue weighted by molar-refractivity contribution is 9.10. The Kier molecular flexibility index (Phi) is 2.94. The molecule has 0 unspecified atom stereocenters. The fourth-order valence-corrected chi connectivity index (χ4v) is 5.47. The average Bonchev–Trinajstić information content (AvgIpc) is 3.34. The van der Waals surface area contributed by atoms with Gasteiger partial charge in [0.15, 0.2) is 5.69 Å². The zero-order valence-corrected chi connectivity index (χ0v) is 15.4. The molecule has 2 bridgehead atoms. The minimum absolute atomic E-state index is 0.141. The van der Waals surface area contributed by atoms with Gasteiger partial charge in [-0.15, -0.1) is 0 Å². The molecule has 3 amide bonds. The van der Waals surface area contributed by atoms with E-state index in [1.807, 2.05) is 6.92 Å². The molecule has 2 heterocycles. The quantitative estimate of drug-likeness (QED) is 0.592. The van der Waals surface area contributed by atoms with E-state index in [1.165, 1.54) is 0 Å². The van der Waals surface area contributed by atoms with Crippen LogP contribution in [0.15, 0.2) is 16.6 Å². The van der Waals surface area contributed by atoms with E-state index in [1.54, 1.807) is 11.7 Å². The van der Waals surface area contributed by atoms with Crippen LogP contribution in [-0.2, 0) is 16.6 Å². The maximum absolute atomic E-state index is 12.8. The fourth-order valence-electron chi connectivity index (χ4n) is 4.95. The van der Waals surface area contributed by atoms with Gasteiger partial charge in [0, 0.05) is 7.05 Å². The van der Waals surface area contributed by atoms with Crippen LogP contribution in [0.25, 0.3) is 0 Å². The second-order valence-corrected chi connectivity index (χ2v) is 8.27. The van der Waals surface area contributed by atoms with Gasteiger partial charge in [0.05, 0.1) is 22.0 Å². The molecule has 0 spiro atoms. The Morgan fingerprint density at radius 1 is 1.20 bits per heavy atom. The summed E-state index contributed by atoms with van der Waals surface area (Å²) in [4.78, 5) is 38.3. The number of nitrogens with zero attached hydrogens (tertiary/aromatic N) is 3. The lowest BCUT2D eigenvalue weighted by molar-refractivity contribution is -0.143. The Bertz CT molecular complexity index is 839. The second-order valence-electron chi connectivity index (χ2n) is 7.48. The molecule has 7 nitrogen and oxygen atoms in total. The van der Waals surface area contributed by atoms with Crippen LogP contribution < -0.4 is 5.43 Å². The van der Waals surface area contributed by atoms with E-state index < -0.39 is 5.91 Å². The Labute approximate surface area is 152 Å². The first kappa shape index (κ1) is 15.3. The van der Waals surface area contributed by atoms with E-state index in [9.17, 15) is 14.4 Å². The summed E-state index contributed by atoms with van der Waals surface area (Å²) >= 11 is 3.34. The molecular formula is C17H17BrN4O3. The third kappa shape index (κ3) is 1.86. The first-order valence-electron chi connectivity index (χ1n) is 8.46. The maximum Gasteiger partial charge on any atom is 0.291 e. The molecule has 25 heavy (non-hydrogen) atoms. The van der Waals surface area contributed by atoms with Crippen LogP contribution >= 0.6 is 15.9 Å². The normalized spacial score (nSPS) is 37.3. The highest BCUT2D eigenvalue weighted by Gasteiger charge is 2.67. The predicted octanol–water partition coefficient (Wildman–Crippen LogP) is 1.19. The molecule has 3 fully saturated rings. The lowest BCUT2D eigenvalue weighted by Gasteiger charge is -2.37. The molecule has 1 aromatic heterocycles. The third-order valence-corrected chi connectivity index (χ3v) is 7.30. The molecule has 1 aliphatic heterocycles. The summed E-state index contributed by atoms with van der Waals surface area (Å²) in [5.41, 5.74) is 3.45. The van der Waals surface area contributed by atoms with Crippen LogP contribution in [0.4, 0.5) is 0 Å². The largest absolute Gasteiger partial charge is 0.291 e. The van der Waals surface area contributed by atoms with Crippen molar-refractivity contribution in [1.29, 1.82) is 0 Å². The lowest BCUT2D eigenvalue weighted by Crippen LogP contribution is -2.47. The number of hydrazine groups is 1. The van der Waals surface area contributed by atoms with E-state index in [4.69, 9.17) is 0 Å². The third-order valence-electron chi connectivity index (χ3n) is 6.35. The summed E-state index contributed by atoms with van der Waals surface area (Å²) in [5.74, 6) is -0.396. The Balaban J connectivity index is 1.42. The van der Waals surface area contributed by atoms with E-state index in [-0.39, 0.29) is 41.2 Å². The summed E-state index contributed by atoms with van der Waals surface area (Å²) in [6, 6.07) is 0. The predicted molar refractivity (Wildman–Crippen MR) is 89.7 cm³/mol. The van der Waals surface area contributed by atoms with Gasteiger partial charge in [-0.1, -0.05) is 12.2 Å². The van der Waals surface area contributed by atoms with Crippen molar-refractivity contribution in [3.05, 3.63) is 28.0 Å². The number of allylic oxidation sites excluding steroid dienone is 2. The smallest absolute Gasteiger partial charge is 0.272 e. The monoisotopic (exact) mass is 404 g/mol. The van der Waals surface area contributed by atoms with Gasteiger partial charge in [-0.3, -0.25) is 24.5 Å². The van der Waals surface area contributed by atoms with Crippen LogP contribution in [0.3, 0.4) is 0 Å². The van der Waals surface area contributed by atoms with Crippen molar-refractivity contribution in [3.63, 3.8) is 0 Å². The Morgan fingerprint density at radius 3 is 2.24 bits per heavy atom. The first-order chi connectivity index (χ1) is 11.9. The number of aromatic nitrogens is 2. The van der Waals surface area contributed by atoms with Gasteiger partial charge < -0.3 is 0 Å². The van der Waals surface area contributed by atoms with Gasteiger partial charge in [0.25, 0.3) is 17.7 Å². The van der Waals surface area contributed by atoms with Crippen molar-refractivity contribution < 1.29 is 14.4 Å². The minimum atomic E-state index is -0.554. The zero-order chi connectivity index (χ0) is 17.6. The number of amides is 3. The number of carbonyl (C=O) groups is 3. The first-order valence-corrected chi connectivity index (χ1v) is 9.25. The van der Waals surface area contributed by atoms with Crippen molar-refractivity contribution in [2.75, 3.05) is 0 Å². The van der Waals surface area contributed by atoms with E-state index in [0.717, 1.165) is 17.1 Å². The maximum atomic E-state index is 12.8. The van der Waals surface area contributed by atoms with Crippen LogP contribution in [-0.4, -0.2) is 32.5 Å². The highest BCUT2D eigenvalue weighted by Crippen LogP contribution is 2.65. The number of nitrogens with one attached hydrogen (secondary N) is 1. The molecule has 1 N–H and O–H groups in total. The standard InChI is InChI=1S/C17H17BrN4O3/c1-6-13(18)14(19-21(6)2)15(23)20-22-16(24)11-7-3-4-8(10-5-9(7)10)12(11)17(22)25/h3-4,7-12H,5H2,1-2H3,(H,20,23)/t7-,8-,9-,10-,11+,12+/m1/s1. The molecule has 8 heteroatoms. The van der Waals surface area contributed by atoms with Crippen LogP contribution in [0.2, 0.25) is 0 Å². The number of imide groups is 1. The van der Waals surface area contributed by atoms with Gasteiger partial charge in [-0.25, -0.2) is 0 Å². The lowest BCUT2D eigenvalue weighted by atomic mass is 9.63. The molecule has 1 aromatic rings. The molecule has 0 aromatic carbocycles. The number of hydrogen-bond donors (Lipinski definition) is 1. The van der Waals surface area contributed by atoms with Crippen LogP contribution in [0.5, 0.6) is 0 Å². The zero-order valence-electron chi connectivity index (χ0n) is 13.8. The fraction of sp³-hybridized carbons (Fsp3) is 0.529. The summed E-state index contributed by atoms with van der Waals surface area (Å²) in [6.45, 7) is 1.82. The van der Waals surface area contributed by atoms with Crippen LogP contribution in [0.1, 0.15) is 22.6 Å². The van der Waals surface area contributed by atoms with Crippen molar-refractivity contribution in [1.82, 2.24) is 20.2 Å². The summed E-state index contributed by atoms with van der Waals surface area (Å²) < 4.78 is 2.14. The van der Waals surface area contributed by atoms with E-state index >= 15 is 0 Å². The van der Waals surface area contributed by atoms with Crippen molar-refractivity contribution >= 4 is 33.7 Å².